The number of methoxy groups -OCH3 is 1. The molecule has 0 aliphatic carbocycles. The van der Waals surface area contributed by atoms with E-state index in [1.54, 1.807) is 17.1 Å². The molecule has 3 rings (SSSR count). The molecule has 172 valence electrons. The number of carboxylic acid groups (broad SMARTS) is 1. The van der Waals surface area contributed by atoms with Crippen molar-refractivity contribution in [3.63, 3.8) is 0 Å². The standard InChI is InChI=1S/C18H19F2N3O4.2C2H6/c1-9-23(2)22-17(27-9)10-4-5-11(18(24)25)12(6-10)13-7-14(16(19)20)21-8-15(13)26-3;2*1-2/h4-9,16-17,22H,1-3H3,(H,24,25);2*1-2H3. The molecular formula is C22H31F2N3O4. The van der Waals surface area contributed by atoms with Gasteiger partial charge in [0.05, 0.1) is 18.9 Å². The second-order valence-corrected chi connectivity index (χ2v) is 6.08. The number of alkyl halides is 2. The quantitative estimate of drug-likeness (QED) is 0.658. The van der Waals surface area contributed by atoms with Crippen molar-refractivity contribution in [3.05, 3.63) is 47.3 Å². The Labute approximate surface area is 182 Å². The SMILES string of the molecule is CC.CC.COc1cnc(C(F)F)cc1-c1cc(C2NN(C)C(C)O2)ccc1C(=O)O. The molecule has 0 amide bonds. The van der Waals surface area contributed by atoms with E-state index in [2.05, 4.69) is 10.4 Å². The van der Waals surface area contributed by atoms with Crippen LogP contribution in [0.1, 0.15) is 68.9 Å². The third-order valence-electron chi connectivity index (χ3n) is 4.40. The first kappa shape index (κ1) is 26.4. The van der Waals surface area contributed by atoms with Crippen LogP contribution in [0.4, 0.5) is 8.78 Å². The lowest BCUT2D eigenvalue weighted by Gasteiger charge is -2.16. The molecule has 1 aliphatic rings. The molecule has 1 saturated heterocycles. The van der Waals surface area contributed by atoms with E-state index in [-0.39, 0.29) is 28.7 Å². The lowest BCUT2D eigenvalue weighted by Crippen LogP contribution is -2.32. The minimum atomic E-state index is -2.79. The van der Waals surface area contributed by atoms with Crippen molar-refractivity contribution in [2.24, 2.45) is 0 Å². The molecule has 31 heavy (non-hydrogen) atoms. The Kier molecular flexibility index (Phi) is 10.5. The summed E-state index contributed by atoms with van der Waals surface area (Å²) >= 11 is 0. The minimum absolute atomic E-state index is 0.0390. The predicted octanol–water partition coefficient (Wildman–Crippen LogP) is 5.26. The molecule has 2 N–H and O–H groups in total. The maximum Gasteiger partial charge on any atom is 0.336 e. The number of rotatable bonds is 5. The molecule has 0 bridgehead atoms. The maximum absolute atomic E-state index is 13.1. The number of carbonyl (C=O) groups is 1. The second-order valence-electron chi connectivity index (χ2n) is 6.08. The number of hydrazine groups is 1. The van der Waals surface area contributed by atoms with Gasteiger partial charge in [-0.2, -0.15) is 0 Å². The summed E-state index contributed by atoms with van der Waals surface area (Å²) < 4.78 is 37.2. The number of halogens is 2. The Bertz CT molecular complexity index is 855. The average molecular weight is 440 g/mol. The monoisotopic (exact) mass is 439 g/mol. The Morgan fingerprint density at radius 1 is 1.23 bits per heavy atom. The zero-order valence-electron chi connectivity index (χ0n) is 18.9. The molecule has 2 unspecified atom stereocenters. The van der Waals surface area contributed by atoms with Crippen molar-refractivity contribution < 1.29 is 28.2 Å². The molecule has 1 aliphatic heterocycles. The van der Waals surface area contributed by atoms with Gasteiger partial charge in [-0.3, -0.25) is 4.98 Å². The Balaban J connectivity index is 0.00000113. The molecule has 0 spiro atoms. The number of benzene rings is 1. The molecule has 1 aromatic carbocycles. The Hall–Kier alpha value is -2.62. The van der Waals surface area contributed by atoms with Crippen LogP contribution in [0.3, 0.4) is 0 Å². The molecule has 1 fully saturated rings. The van der Waals surface area contributed by atoms with Gasteiger partial charge in [0.25, 0.3) is 6.43 Å². The summed E-state index contributed by atoms with van der Waals surface area (Å²) in [4.78, 5) is 15.4. The number of nitrogens with zero attached hydrogens (tertiary/aromatic N) is 2. The van der Waals surface area contributed by atoms with Crippen LogP contribution in [0, 0.1) is 0 Å². The van der Waals surface area contributed by atoms with Gasteiger partial charge >= 0.3 is 5.97 Å². The van der Waals surface area contributed by atoms with Crippen molar-refractivity contribution in [2.75, 3.05) is 14.2 Å². The van der Waals surface area contributed by atoms with E-state index >= 15 is 0 Å². The number of pyridine rings is 1. The molecule has 0 saturated carbocycles. The number of ether oxygens (including phenoxy) is 2. The third kappa shape index (κ3) is 6.19. The fourth-order valence-corrected chi connectivity index (χ4v) is 2.85. The van der Waals surface area contributed by atoms with Crippen molar-refractivity contribution in [2.45, 2.75) is 53.5 Å². The predicted molar refractivity (Wildman–Crippen MR) is 115 cm³/mol. The van der Waals surface area contributed by atoms with E-state index in [4.69, 9.17) is 9.47 Å². The van der Waals surface area contributed by atoms with Gasteiger partial charge in [-0.05, 0) is 30.7 Å². The molecule has 2 heterocycles. The van der Waals surface area contributed by atoms with Crippen molar-refractivity contribution >= 4 is 5.97 Å². The number of aromatic carboxylic acids is 1. The van der Waals surface area contributed by atoms with Crippen LogP contribution >= 0.6 is 0 Å². The summed E-state index contributed by atoms with van der Waals surface area (Å²) in [5.41, 5.74) is 3.73. The van der Waals surface area contributed by atoms with Crippen LogP contribution in [0.15, 0.2) is 30.5 Å². The van der Waals surface area contributed by atoms with E-state index in [9.17, 15) is 18.7 Å². The molecule has 1 aromatic heterocycles. The van der Waals surface area contributed by atoms with Gasteiger partial charge in [0, 0.05) is 18.2 Å². The van der Waals surface area contributed by atoms with Gasteiger partial charge < -0.3 is 14.6 Å². The van der Waals surface area contributed by atoms with E-state index in [0.717, 1.165) is 12.3 Å². The zero-order chi connectivity index (χ0) is 23.7. The largest absolute Gasteiger partial charge is 0.494 e. The normalized spacial score (nSPS) is 18.0. The zero-order valence-corrected chi connectivity index (χ0v) is 18.9. The number of hydrogen-bond donors (Lipinski definition) is 2. The Morgan fingerprint density at radius 3 is 2.35 bits per heavy atom. The Morgan fingerprint density at radius 2 is 1.87 bits per heavy atom. The highest BCUT2D eigenvalue weighted by Crippen LogP contribution is 2.36. The number of hydrogen-bond acceptors (Lipinski definition) is 6. The van der Waals surface area contributed by atoms with Gasteiger partial charge in [0.2, 0.25) is 0 Å². The summed E-state index contributed by atoms with van der Waals surface area (Å²) in [6.07, 6.45) is -2.30. The van der Waals surface area contributed by atoms with Crippen molar-refractivity contribution in [1.82, 2.24) is 15.4 Å². The molecule has 2 atom stereocenters. The molecule has 0 radical (unpaired) electrons. The van der Waals surface area contributed by atoms with E-state index in [0.29, 0.717) is 5.56 Å². The van der Waals surface area contributed by atoms with Gasteiger partial charge in [-0.15, -0.1) is 0 Å². The minimum Gasteiger partial charge on any atom is -0.494 e. The van der Waals surface area contributed by atoms with Gasteiger partial charge in [-0.1, -0.05) is 33.8 Å². The van der Waals surface area contributed by atoms with Gasteiger partial charge in [-0.25, -0.2) is 24.0 Å². The first-order valence-corrected chi connectivity index (χ1v) is 10.2. The van der Waals surface area contributed by atoms with Crippen LogP contribution in [-0.2, 0) is 4.74 Å². The van der Waals surface area contributed by atoms with Crippen molar-refractivity contribution in [1.29, 1.82) is 0 Å². The molecule has 2 aromatic rings. The highest BCUT2D eigenvalue weighted by molar-refractivity contribution is 5.97. The number of nitrogens with one attached hydrogen (secondary N) is 1. The summed E-state index contributed by atoms with van der Waals surface area (Å²) in [5.74, 6) is -0.982. The average Bonchev–Trinajstić information content (AvgIpc) is 3.13. The number of carboxylic acids is 1. The molecular weight excluding hydrogens is 408 g/mol. The highest BCUT2D eigenvalue weighted by Gasteiger charge is 2.29. The van der Waals surface area contributed by atoms with Crippen LogP contribution in [0.25, 0.3) is 11.1 Å². The summed E-state index contributed by atoms with van der Waals surface area (Å²) in [5, 5.41) is 11.3. The maximum atomic E-state index is 13.1. The topological polar surface area (TPSA) is 83.9 Å². The fourth-order valence-electron chi connectivity index (χ4n) is 2.85. The first-order chi connectivity index (χ1) is 14.8. The third-order valence-corrected chi connectivity index (χ3v) is 4.40. The summed E-state index contributed by atoms with van der Waals surface area (Å²) in [6, 6.07) is 5.79. The summed E-state index contributed by atoms with van der Waals surface area (Å²) in [7, 11) is 3.18. The molecule has 9 heteroatoms. The second kappa shape index (κ2) is 12.3. The highest BCUT2D eigenvalue weighted by atomic mass is 19.3. The lowest BCUT2D eigenvalue weighted by atomic mass is 9.96. The smallest absolute Gasteiger partial charge is 0.336 e. The van der Waals surface area contributed by atoms with Crippen LogP contribution in [-0.4, -0.2) is 41.5 Å². The van der Waals surface area contributed by atoms with Crippen molar-refractivity contribution in [3.8, 4) is 16.9 Å². The van der Waals surface area contributed by atoms with Gasteiger partial charge in [0.15, 0.2) is 0 Å². The van der Waals surface area contributed by atoms with Crippen LogP contribution in [0.2, 0.25) is 0 Å². The van der Waals surface area contributed by atoms with E-state index in [1.807, 2.05) is 41.7 Å². The lowest BCUT2D eigenvalue weighted by molar-refractivity contribution is 0.0207. The van der Waals surface area contributed by atoms with Crippen LogP contribution in [0.5, 0.6) is 5.75 Å². The first-order valence-electron chi connectivity index (χ1n) is 10.2. The van der Waals surface area contributed by atoms with E-state index < -0.39 is 24.3 Å². The fraction of sp³-hybridized carbons (Fsp3) is 0.455. The molecule has 7 nitrogen and oxygen atoms in total. The number of aromatic nitrogens is 1. The van der Waals surface area contributed by atoms with E-state index in [1.165, 1.54) is 13.2 Å². The van der Waals surface area contributed by atoms with Crippen LogP contribution < -0.4 is 10.2 Å². The van der Waals surface area contributed by atoms with Gasteiger partial charge in [0.1, 0.15) is 23.9 Å². The summed E-state index contributed by atoms with van der Waals surface area (Å²) in [6.45, 7) is 9.86.